The van der Waals surface area contributed by atoms with Crippen LogP contribution in [0.5, 0.6) is 0 Å². The summed E-state index contributed by atoms with van der Waals surface area (Å²) in [7, 11) is 1.34. The smallest absolute Gasteiger partial charge is 0.328 e. The lowest BCUT2D eigenvalue weighted by molar-refractivity contribution is -0.145. The molecule has 10 heteroatoms. The highest BCUT2D eigenvalue weighted by Crippen LogP contribution is 2.30. The minimum Gasteiger partial charge on any atom is -0.467 e. The second-order valence-electron chi connectivity index (χ2n) is 9.08. The number of methoxy groups -OCH3 is 1. The molecule has 36 heavy (non-hydrogen) atoms. The summed E-state index contributed by atoms with van der Waals surface area (Å²) in [5, 5.41) is 14.4. The van der Waals surface area contributed by atoms with E-state index in [0.29, 0.717) is 31.9 Å². The predicted octanol–water partition coefficient (Wildman–Crippen LogP) is 3.22. The number of H-pyrrole nitrogens is 1. The number of tetrazole rings is 1. The molecule has 0 saturated carbocycles. The molecule has 1 saturated heterocycles. The Morgan fingerprint density at radius 2 is 1.89 bits per heavy atom. The van der Waals surface area contributed by atoms with Gasteiger partial charge < -0.3 is 20.3 Å². The number of amides is 2. The zero-order valence-corrected chi connectivity index (χ0v) is 20.8. The number of carbonyl (C=O) groups is 2. The number of aromatic nitrogens is 4. The van der Waals surface area contributed by atoms with Gasteiger partial charge in [0.25, 0.3) is 0 Å². The van der Waals surface area contributed by atoms with E-state index in [1.54, 1.807) is 4.90 Å². The van der Waals surface area contributed by atoms with E-state index in [-0.39, 0.29) is 12.1 Å². The maximum Gasteiger partial charge on any atom is 0.328 e. The van der Waals surface area contributed by atoms with Crippen molar-refractivity contribution in [1.82, 2.24) is 30.4 Å². The lowest BCUT2D eigenvalue weighted by Crippen LogP contribution is -2.48. The molecule has 2 amide bonds. The van der Waals surface area contributed by atoms with Crippen molar-refractivity contribution in [3.8, 4) is 22.5 Å². The Morgan fingerprint density at radius 3 is 2.56 bits per heavy atom. The maximum atomic E-state index is 13.6. The number of likely N-dealkylation sites (tertiary alicyclic amines) is 1. The van der Waals surface area contributed by atoms with Gasteiger partial charge in [0.15, 0.2) is 0 Å². The molecule has 4 rings (SSSR count). The molecular weight excluding hydrogens is 458 g/mol. The molecule has 10 nitrogen and oxygen atoms in total. The molecule has 3 N–H and O–H groups in total. The summed E-state index contributed by atoms with van der Waals surface area (Å²) in [5.41, 5.74) is 9.99. The van der Waals surface area contributed by atoms with Crippen molar-refractivity contribution in [2.45, 2.75) is 51.2 Å². The van der Waals surface area contributed by atoms with Gasteiger partial charge in [0, 0.05) is 31.2 Å². The van der Waals surface area contributed by atoms with Crippen molar-refractivity contribution >= 4 is 12.0 Å². The SMILES string of the molecule is CCCCCN(Cc1ccc(-c2ccccc2-c2nn[nH]n2)cc1)C(=O)N1CC(N)CC1C(=O)OC. The van der Waals surface area contributed by atoms with E-state index in [1.165, 1.54) is 7.11 Å². The average molecular weight is 492 g/mol. The van der Waals surface area contributed by atoms with E-state index in [4.69, 9.17) is 10.5 Å². The number of urea groups is 1. The van der Waals surface area contributed by atoms with Crippen LogP contribution in [0, 0.1) is 0 Å². The number of ether oxygens (including phenoxy) is 1. The van der Waals surface area contributed by atoms with Gasteiger partial charge in [0.1, 0.15) is 6.04 Å². The van der Waals surface area contributed by atoms with Crippen molar-refractivity contribution in [1.29, 1.82) is 0 Å². The lowest BCUT2D eigenvalue weighted by Gasteiger charge is -2.31. The fourth-order valence-electron chi connectivity index (χ4n) is 4.63. The molecule has 1 aliphatic rings. The van der Waals surface area contributed by atoms with Crippen molar-refractivity contribution < 1.29 is 14.3 Å². The number of benzene rings is 2. The van der Waals surface area contributed by atoms with Crippen LogP contribution >= 0.6 is 0 Å². The minimum absolute atomic E-state index is 0.180. The van der Waals surface area contributed by atoms with Crippen molar-refractivity contribution in [2.24, 2.45) is 5.73 Å². The molecular formula is C26H33N7O3. The fraction of sp³-hybridized carbons (Fsp3) is 0.423. The molecule has 1 aliphatic heterocycles. The first kappa shape index (κ1) is 25.3. The summed E-state index contributed by atoms with van der Waals surface area (Å²) < 4.78 is 4.93. The quantitative estimate of drug-likeness (QED) is 0.347. The Kier molecular flexibility index (Phi) is 8.27. The summed E-state index contributed by atoms with van der Waals surface area (Å²) in [5.74, 6) is 0.112. The Bertz CT molecular complexity index is 1150. The third kappa shape index (κ3) is 5.71. The normalized spacial score (nSPS) is 17.2. The highest BCUT2D eigenvalue weighted by Gasteiger charge is 2.40. The highest BCUT2D eigenvalue weighted by atomic mass is 16.5. The van der Waals surface area contributed by atoms with Gasteiger partial charge in [0.2, 0.25) is 5.82 Å². The molecule has 1 fully saturated rings. The van der Waals surface area contributed by atoms with E-state index in [1.807, 2.05) is 53.4 Å². The van der Waals surface area contributed by atoms with Crippen molar-refractivity contribution in [3.05, 3.63) is 54.1 Å². The van der Waals surface area contributed by atoms with E-state index in [2.05, 4.69) is 27.5 Å². The third-order valence-corrected chi connectivity index (χ3v) is 6.51. The van der Waals surface area contributed by atoms with E-state index in [0.717, 1.165) is 41.5 Å². The van der Waals surface area contributed by atoms with Gasteiger partial charge in [-0.25, -0.2) is 9.59 Å². The van der Waals surface area contributed by atoms with Crippen LogP contribution in [0.25, 0.3) is 22.5 Å². The molecule has 0 radical (unpaired) electrons. The minimum atomic E-state index is -0.643. The number of rotatable bonds is 9. The van der Waals surface area contributed by atoms with Gasteiger partial charge >= 0.3 is 12.0 Å². The number of esters is 1. The summed E-state index contributed by atoms with van der Waals surface area (Å²) in [4.78, 5) is 29.2. The number of nitrogens with one attached hydrogen (secondary N) is 1. The maximum absolute atomic E-state index is 13.6. The molecule has 0 aliphatic carbocycles. The van der Waals surface area contributed by atoms with Gasteiger partial charge in [-0.3, -0.25) is 0 Å². The first-order valence-electron chi connectivity index (χ1n) is 12.3. The topological polar surface area (TPSA) is 130 Å². The Balaban J connectivity index is 1.54. The summed E-state index contributed by atoms with van der Waals surface area (Å²) in [6, 6.07) is 14.9. The fourth-order valence-corrected chi connectivity index (χ4v) is 4.63. The van der Waals surface area contributed by atoms with Crippen LogP contribution in [0.15, 0.2) is 48.5 Å². The molecule has 3 aromatic rings. The zero-order chi connectivity index (χ0) is 25.5. The van der Waals surface area contributed by atoms with E-state index >= 15 is 0 Å². The first-order chi connectivity index (χ1) is 17.5. The van der Waals surface area contributed by atoms with Gasteiger partial charge in [0.05, 0.1) is 7.11 Å². The number of hydrogen-bond donors (Lipinski definition) is 2. The molecule has 190 valence electrons. The first-order valence-corrected chi connectivity index (χ1v) is 12.3. The van der Waals surface area contributed by atoms with Crippen LogP contribution < -0.4 is 5.73 Å². The standard InChI is InChI=1S/C26H33N7O3/c1-3-4-7-14-32(26(35)33-17-20(27)15-23(33)25(34)36-2)16-18-10-12-19(13-11-18)21-8-5-6-9-22(21)24-28-30-31-29-24/h5-6,8-13,20,23H,3-4,7,14-17,27H2,1-2H3,(H,28,29,30,31). The monoisotopic (exact) mass is 491 g/mol. The third-order valence-electron chi connectivity index (χ3n) is 6.51. The second kappa shape index (κ2) is 11.8. The number of aromatic amines is 1. The Hall–Kier alpha value is -3.79. The van der Waals surface area contributed by atoms with E-state index < -0.39 is 12.0 Å². The number of carbonyl (C=O) groups excluding carboxylic acids is 2. The lowest BCUT2D eigenvalue weighted by atomic mass is 9.98. The largest absolute Gasteiger partial charge is 0.467 e. The zero-order valence-electron chi connectivity index (χ0n) is 20.8. The average Bonchev–Trinajstić information content (AvgIpc) is 3.58. The molecule has 2 atom stereocenters. The van der Waals surface area contributed by atoms with Crippen LogP contribution in [-0.2, 0) is 16.1 Å². The molecule has 0 spiro atoms. The summed E-state index contributed by atoms with van der Waals surface area (Å²) >= 11 is 0. The number of nitrogens with two attached hydrogens (primary N) is 1. The molecule has 0 bridgehead atoms. The number of nitrogens with zero attached hydrogens (tertiary/aromatic N) is 5. The van der Waals surface area contributed by atoms with Gasteiger partial charge in [-0.1, -0.05) is 68.3 Å². The molecule has 2 heterocycles. The van der Waals surface area contributed by atoms with Crippen LogP contribution in [0.2, 0.25) is 0 Å². The Morgan fingerprint density at radius 1 is 1.14 bits per heavy atom. The van der Waals surface area contributed by atoms with Crippen LogP contribution in [-0.4, -0.2) is 74.7 Å². The number of unbranched alkanes of at least 4 members (excludes halogenated alkanes) is 2. The van der Waals surface area contributed by atoms with Gasteiger partial charge in [-0.05, 0) is 34.7 Å². The van der Waals surface area contributed by atoms with Crippen LogP contribution in [0.3, 0.4) is 0 Å². The van der Waals surface area contributed by atoms with Gasteiger partial charge in [-0.15, -0.1) is 10.2 Å². The molecule has 1 aromatic heterocycles. The summed E-state index contributed by atoms with van der Waals surface area (Å²) in [6.07, 6.45) is 3.38. The van der Waals surface area contributed by atoms with Gasteiger partial charge in [-0.2, -0.15) is 5.21 Å². The predicted molar refractivity (Wildman–Crippen MR) is 135 cm³/mol. The van der Waals surface area contributed by atoms with Crippen molar-refractivity contribution in [3.63, 3.8) is 0 Å². The van der Waals surface area contributed by atoms with Crippen LogP contribution in [0.4, 0.5) is 4.79 Å². The van der Waals surface area contributed by atoms with E-state index in [9.17, 15) is 9.59 Å². The Labute approximate surface area is 210 Å². The van der Waals surface area contributed by atoms with Crippen molar-refractivity contribution in [2.75, 3.05) is 20.2 Å². The molecule has 2 aromatic carbocycles. The van der Waals surface area contributed by atoms with Crippen LogP contribution in [0.1, 0.15) is 38.2 Å². The number of hydrogen-bond acceptors (Lipinski definition) is 7. The summed E-state index contributed by atoms with van der Waals surface area (Å²) in [6.45, 7) is 3.52. The second-order valence-corrected chi connectivity index (χ2v) is 9.08. The highest BCUT2D eigenvalue weighted by molar-refractivity contribution is 5.85. The molecule has 2 unspecified atom stereocenters.